The summed E-state index contributed by atoms with van der Waals surface area (Å²) in [7, 11) is 0. The van der Waals surface area contributed by atoms with Crippen molar-refractivity contribution in [3.05, 3.63) is 23.8 Å². The zero-order valence-corrected chi connectivity index (χ0v) is 11.6. The van der Waals surface area contributed by atoms with E-state index in [1.165, 1.54) is 0 Å². The lowest BCUT2D eigenvalue weighted by Gasteiger charge is -2.47. The van der Waals surface area contributed by atoms with Gasteiger partial charge in [0.1, 0.15) is 5.52 Å². The average molecular weight is 286 g/mol. The average Bonchev–Trinajstić information content (AvgIpc) is 2.89. The van der Waals surface area contributed by atoms with Crippen LogP contribution in [0.4, 0.5) is 6.01 Å². The summed E-state index contributed by atoms with van der Waals surface area (Å²) in [6.07, 6.45) is 3.12. The van der Waals surface area contributed by atoms with Crippen molar-refractivity contribution < 1.29 is 13.9 Å². The van der Waals surface area contributed by atoms with Crippen LogP contribution < -0.4 is 10.6 Å². The summed E-state index contributed by atoms with van der Waals surface area (Å²) in [5.74, 6) is -0.541. The molecule has 1 aromatic heterocycles. The Bertz CT molecular complexity index is 695. The third-order valence-corrected chi connectivity index (χ3v) is 4.50. The maximum absolute atomic E-state index is 11.4. The van der Waals surface area contributed by atoms with Gasteiger partial charge in [0.05, 0.1) is 17.8 Å². The summed E-state index contributed by atoms with van der Waals surface area (Å²) in [6.45, 7) is 2.57. The van der Waals surface area contributed by atoms with Crippen LogP contribution in [0.5, 0.6) is 0 Å². The molecule has 1 aromatic carbocycles. The third kappa shape index (κ3) is 1.98. The van der Waals surface area contributed by atoms with E-state index in [9.17, 15) is 4.79 Å². The fraction of sp³-hybridized carbons (Fsp3) is 0.467. The van der Waals surface area contributed by atoms with E-state index < -0.39 is 5.91 Å². The van der Waals surface area contributed by atoms with Crippen molar-refractivity contribution in [3.63, 3.8) is 0 Å². The number of ether oxygens (including phenoxy) is 1. The van der Waals surface area contributed by atoms with Crippen molar-refractivity contribution in [2.45, 2.75) is 24.9 Å². The molecule has 21 heavy (non-hydrogen) atoms. The maximum atomic E-state index is 11.4. The number of nitrogens with two attached hydrogens (primary N) is 1. The van der Waals surface area contributed by atoms with Crippen LogP contribution in [0, 0.1) is 6.07 Å². The number of benzene rings is 1. The molecule has 0 unspecified atom stereocenters. The van der Waals surface area contributed by atoms with Crippen LogP contribution in [0.1, 0.15) is 29.6 Å². The number of carbonyl (C=O) groups excluding carboxylic acids is 1. The summed E-state index contributed by atoms with van der Waals surface area (Å²) < 4.78 is 11.5. The van der Waals surface area contributed by atoms with Crippen molar-refractivity contribution in [3.8, 4) is 0 Å². The Kier molecular flexibility index (Phi) is 2.68. The Balaban J connectivity index is 1.62. The molecule has 4 rings (SSSR count). The fourth-order valence-corrected chi connectivity index (χ4v) is 3.10. The number of oxazole rings is 1. The SMILES string of the molecule is NC(=O)c1[c]ccc2oc(N3CCC4(CCO4)CC3)nc12. The molecule has 6 heteroatoms. The lowest BCUT2D eigenvalue weighted by molar-refractivity contribution is -0.158. The van der Waals surface area contributed by atoms with E-state index in [1.54, 1.807) is 12.1 Å². The van der Waals surface area contributed by atoms with Gasteiger partial charge in [0.25, 0.3) is 11.9 Å². The molecule has 2 aliphatic heterocycles. The molecular formula is C15H16N3O3. The highest BCUT2D eigenvalue weighted by molar-refractivity contribution is 6.03. The lowest BCUT2D eigenvalue weighted by Crippen LogP contribution is -2.52. The van der Waals surface area contributed by atoms with Gasteiger partial charge in [-0.3, -0.25) is 4.79 Å². The second kappa shape index (κ2) is 4.46. The predicted molar refractivity (Wildman–Crippen MR) is 76.1 cm³/mol. The van der Waals surface area contributed by atoms with Crippen molar-refractivity contribution in [2.24, 2.45) is 5.73 Å². The van der Waals surface area contributed by atoms with Crippen LogP contribution in [0.3, 0.4) is 0 Å². The zero-order chi connectivity index (χ0) is 14.4. The number of nitrogens with zero attached hydrogens (tertiary/aromatic N) is 2. The first-order chi connectivity index (χ1) is 10.2. The van der Waals surface area contributed by atoms with Crippen molar-refractivity contribution in [2.75, 3.05) is 24.6 Å². The molecule has 2 N–H and O–H groups in total. The molecule has 1 amide bonds. The van der Waals surface area contributed by atoms with Crippen LogP contribution in [0.2, 0.25) is 0 Å². The first-order valence-electron chi connectivity index (χ1n) is 7.17. The van der Waals surface area contributed by atoms with Crippen LogP contribution >= 0.6 is 0 Å². The molecular weight excluding hydrogens is 270 g/mol. The number of hydrogen-bond donors (Lipinski definition) is 1. The quantitative estimate of drug-likeness (QED) is 0.904. The Labute approximate surface area is 121 Å². The smallest absolute Gasteiger partial charge is 0.298 e. The van der Waals surface area contributed by atoms with Gasteiger partial charge in [-0.25, -0.2) is 0 Å². The van der Waals surface area contributed by atoms with Gasteiger partial charge in [-0.05, 0) is 37.5 Å². The Morgan fingerprint density at radius 3 is 2.76 bits per heavy atom. The highest BCUT2D eigenvalue weighted by Gasteiger charge is 2.41. The molecule has 1 spiro atoms. The molecule has 2 aliphatic rings. The van der Waals surface area contributed by atoms with Gasteiger partial charge >= 0.3 is 0 Å². The largest absolute Gasteiger partial charge is 0.423 e. The molecule has 6 nitrogen and oxygen atoms in total. The van der Waals surface area contributed by atoms with Crippen molar-refractivity contribution >= 4 is 23.0 Å². The highest BCUT2D eigenvalue weighted by Crippen LogP contribution is 2.38. The number of fused-ring (bicyclic) bond motifs is 1. The van der Waals surface area contributed by atoms with Crippen LogP contribution in [-0.2, 0) is 4.74 Å². The minimum absolute atomic E-state index is 0.0919. The number of primary amides is 1. The minimum atomic E-state index is -0.541. The number of rotatable bonds is 2. The van der Waals surface area contributed by atoms with Gasteiger partial charge in [0.2, 0.25) is 0 Å². The van der Waals surface area contributed by atoms with Gasteiger partial charge in [0.15, 0.2) is 5.58 Å². The van der Waals surface area contributed by atoms with E-state index >= 15 is 0 Å². The van der Waals surface area contributed by atoms with Crippen molar-refractivity contribution in [1.82, 2.24) is 4.98 Å². The first kappa shape index (κ1) is 12.6. The first-order valence-corrected chi connectivity index (χ1v) is 7.17. The Morgan fingerprint density at radius 2 is 2.14 bits per heavy atom. The Hall–Kier alpha value is -2.08. The maximum Gasteiger partial charge on any atom is 0.298 e. The molecule has 0 saturated carbocycles. The molecule has 2 fully saturated rings. The summed E-state index contributed by atoms with van der Waals surface area (Å²) in [5, 5.41) is 0. The van der Waals surface area contributed by atoms with E-state index in [2.05, 4.69) is 16.0 Å². The number of aromatic nitrogens is 1. The molecule has 2 aromatic rings. The minimum Gasteiger partial charge on any atom is -0.423 e. The highest BCUT2D eigenvalue weighted by atomic mass is 16.5. The molecule has 3 heterocycles. The molecule has 0 bridgehead atoms. The predicted octanol–water partition coefficient (Wildman–Crippen LogP) is 1.49. The molecule has 0 aliphatic carbocycles. The zero-order valence-electron chi connectivity index (χ0n) is 11.6. The summed E-state index contributed by atoms with van der Waals surface area (Å²) in [5.41, 5.74) is 6.77. The second-order valence-electron chi connectivity index (χ2n) is 5.69. The molecule has 1 radical (unpaired) electrons. The van der Waals surface area contributed by atoms with E-state index in [-0.39, 0.29) is 11.2 Å². The lowest BCUT2D eigenvalue weighted by atomic mass is 9.84. The van der Waals surface area contributed by atoms with Gasteiger partial charge in [-0.1, -0.05) is 0 Å². The number of piperidine rings is 1. The number of amides is 1. The van der Waals surface area contributed by atoms with Gasteiger partial charge < -0.3 is 19.8 Å². The molecule has 2 saturated heterocycles. The summed E-state index contributed by atoms with van der Waals surface area (Å²) in [6, 6.07) is 6.74. The van der Waals surface area contributed by atoms with E-state index in [0.29, 0.717) is 17.1 Å². The van der Waals surface area contributed by atoms with E-state index in [4.69, 9.17) is 14.9 Å². The summed E-state index contributed by atoms with van der Waals surface area (Å²) >= 11 is 0. The number of hydrogen-bond acceptors (Lipinski definition) is 5. The van der Waals surface area contributed by atoms with E-state index in [0.717, 1.165) is 39.0 Å². The fourth-order valence-electron chi connectivity index (χ4n) is 3.10. The van der Waals surface area contributed by atoms with Crippen LogP contribution in [-0.4, -0.2) is 36.2 Å². The van der Waals surface area contributed by atoms with Crippen LogP contribution in [0.25, 0.3) is 11.1 Å². The van der Waals surface area contributed by atoms with E-state index in [1.807, 2.05) is 0 Å². The summed E-state index contributed by atoms with van der Waals surface area (Å²) in [4.78, 5) is 17.9. The standard InChI is InChI=1S/C15H16N3O3/c16-13(19)10-2-1-3-11-12(10)17-14(21-11)18-7-4-15(5-8-18)6-9-20-15/h1,3H,4-9H2,(H2,16,19). The monoisotopic (exact) mass is 286 g/mol. The second-order valence-corrected chi connectivity index (χ2v) is 5.69. The van der Waals surface area contributed by atoms with Gasteiger partial charge in [-0.15, -0.1) is 0 Å². The topological polar surface area (TPSA) is 81.6 Å². The molecule has 0 atom stereocenters. The molecule has 109 valence electrons. The number of anilines is 1. The van der Waals surface area contributed by atoms with Crippen LogP contribution in [0.15, 0.2) is 16.5 Å². The normalized spacial score (nSPS) is 20.7. The van der Waals surface area contributed by atoms with Gasteiger partial charge in [0, 0.05) is 13.1 Å². The third-order valence-electron chi connectivity index (χ3n) is 4.50. The van der Waals surface area contributed by atoms with Crippen molar-refractivity contribution in [1.29, 1.82) is 0 Å². The van der Waals surface area contributed by atoms with Gasteiger partial charge in [-0.2, -0.15) is 4.98 Å². The Morgan fingerprint density at radius 1 is 1.38 bits per heavy atom. The number of carbonyl (C=O) groups is 1.